The van der Waals surface area contributed by atoms with Gasteiger partial charge >= 0.3 is 0 Å². The molecule has 3 aliphatic heterocycles. The van der Waals surface area contributed by atoms with E-state index in [4.69, 9.17) is 14.4 Å². The highest BCUT2D eigenvalue weighted by Gasteiger charge is 2.64. The topological polar surface area (TPSA) is 34.2 Å². The zero-order chi connectivity index (χ0) is 21.4. The molecule has 28 heavy (non-hydrogen) atoms. The molecule has 3 rings (SSSR count). The highest BCUT2D eigenvalue weighted by atomic mass is 16.7. The Morgan fingerprint density at radius 2 is 1.07 bits per heavy atom. The van der Waals surface area contributed by atoms with Crippen LogP contribution in [0.25, 0.3) is 0 Å². The van der Waals surface area contributed by atoms with Crippen LogP contribution in [0.1, 0.15) is 87.5 Å². The van der Waals surface area contributed by atoms with Gasteiger partial charge in [-0.1, -0.05) is 6.58 Å². The Morgan fingerprint density at radius 3 is 1.43 bits per heavy atom. The summed E-state index contributed by atoms with van der Waals surface area (Å²) >= 11 is 0. The van der Waals surface area contributed by atoms with E-state index >= 15 is 0 Å². The Bertz CT molecular complexity index is 614. The quantitative estimate of drug-likeness (QED) is 0.624. The molecule has 0 N–H and O–H groups in total. The van der Waals surface area contributed by atoms with Crippen molar-refractivity contribution in [3.63, 3.8) is 0 Å². The summed E-state index contributed by atoms with van der Waals surface area (Å²) in [5, 5.41) is 4.30. The smallest absolute Gasteiger partial charge is 0.0934 e. The van der Waals surface area contributed by atoms with Gasteiger partial charge in [-0.05, 0) is 73.8 Å². The van der Waals surface area contributed by atoms with Crippen LogP contribution in [-0.2, 0) is 14.4 Å². The minimum Gasteiger partial charge on any atom is -0.364 e. The standard InChI is InChI=1S/C23H42N2O3/c1-17-12-22(13-18(2,3)24(26-10)19(4,5)14-22)28-23(17)15-20(6,7)25(27-11)21(8,9)16-23/h1,12-16H2,2-11H3. The van der Waals surface area contributed by atoms with Gasteiger partial charge in [0, 0.05) is 41.4 Å². The van der Waals surface area contributed by atoms with E-state index in [0.717, 1.165) is 32.1 Å². The summed E-state index contributed by atoms with van der Waals surface area (Å²) in [6.45, 7) is 22.6. The van der Waals surface area contributed by atoms with Crippen molar-refractivity contribution in [3.05, 3.63) is 12.2 Å². The zero-order valence-electron chi connectivity index (χ0n) is 19.9. The molecule has 0 aliphatic carbocycles. The molecule has 3 saturated heterocycles. The third kappa shape index (κ3) is 3.27. The number of hydroxylamine groups is 4. The van der Waals surface area contributed by atoms with Crippen molar-refractivity contribution in [3.8, 4) is 0 Å². The molecule has 0 aromatic carbocycles. The van der Waals surface area contributed by atoms with Gasteiger partial charge in [0.2, 0.25) is 0 Å². The molecule has 0 atom stereocenters. The Kier molecular flexibility index (Phi) is 4.98. The summed E-state index contributed by atoms with van der Waals surface area (Å²) in [5.41, 5.74) is 0.263. The Labute approximate surface area is 172 Å². The summed E-state index contributed by atoms with van der Waals surface area (Å²) in [6, 6.07) is 0. The number of hydrogen-bond donors (Lipinski definition) is 0. The molecule has 5 nitrogen and oxygen atoms in total. The second-order valence-electron chi connectivity index (χ2n) is 12.0. The normalized spacial score (nSPS) is 32.9. The first kappa shape index (κ1) is 22.2. The first-order valence-corrected chi connectivity index (χ1v) is 10.6. The maximum Gasteiger partial charge on any atom is 0.0934 e. The first-order chi connectivity index (χ1) is 12.5. The highest BCUT2D eigenvalue weighted by Crippen LogP contribution is 2.60. The van der Waals surface area contributed by atoms with Crippen LogP contribution in [0.4, 0.5) is 0 Å². The average Bonchev–Trinajstić information content (AvgIpc) is 2.63. The molecule has 5 heteroatoms. The fourth-order valence-electron chi connectivity index (χ4n) is 7.61. The summed E-state index contributed by atoms with van der Waals surface area (Å²) < 4.78 is 7.19. The first-order valence-electron chi connectivity index (χ1n) is 10.6. The van der Waals surface area contributed by atoms with Crippen molar-refractivity contribution in [2.24, 2.45) is 0 Å². The van der Waals surface area contributed by atoms with Gasteiger partial charge in [-0.3, -0.25) is 0 Å². The van der Waals surface area contributed by atoms with Gasteiger partial charge in [0.15, 0.2) is 0 Å². The molecule has 3 fully saturated rings. The minimum atomic E-state index is -0.302. The fraction of sp³-hybridized carbons (Fsp3) is 0.913. The van der Waals surface area contributed by atoms with E-state index in [1.165, 1.54) is 5.57 Å². The van der Waals surface area contributed by atoms with Crippen molar-refractivity contribution in [1.29, 1.82) is 0 Å². The lowest BCUT2D eigenvalue weighted by Gasteiger charge is -2.59. The van der Waals surface area contributed by atoms with Crippen LogP contribution in [-0.4, -0.2) is 57.7 Å². The van der Waals surface area contributed by atoms with Crippen molar-refractivity contribution < 1.29 is 14.4 Å². The van der Waals surface area contributed by atoms with Gasteiger partial charge in [0.05, 0.1) is 25.4 Å². The summed E-state index contributed by atoms with van der Waals surface area (Å²) in [7, 11) is 3.56. The van der Waals surface area contributed by atoms with E-state index in [1.807, 2.05) is 0 Å². The third-order valence-corrected chi connectivity index (χ3v) is 7.10. The summed E-state index contributed by atoms with van der Waals surface area (Å²) in [5.74, 6) is 0. The lowest BCUT2D eigenvalue weighted by atomic mass is 9.68. The second kappa shape index (κ2) is 6.27. The largest absolute Gasteiger partial charge is 0.364 e. The molecule has 0 aromatic heterocycles. The van der Waals surface area contributed by atoms with Gasteiger partial charge in [0.1, 0.15) is 0 Å². The molecule has 0 unspecified atom stereocenters. The van der Waals surface area contributed by atoms with Crippen molar-refractivity contribution in [1.82, 2.24) is 10.1 Å². The Balaban J connectivity index is 1.98. The van der Waals surface area contributed by atoms with E-state index in [1.54, 1.807) is 14.2 Å². The highest BCUT2D eigenvalue weighted by molar-refractivity contribution is 5.29. The molecule has 0 aromatic rings. The van der Waals surface area contributed by atoms with E-state index in [9.17, 15) is 0 Å². The van der Waals surface area contributed by atoms with Crippen molar-refractivity contribution in [2.75, 3.05) is 14.2 Å². The van der Waals surface area contributed by atoms with E-state index in [0.29, 0.717) is 0 Å². The van der Waals surface area contributed by atoms with Crippen molar-refractivity contribution in [2.45, 2.75) is 121 Å². The zero-order valence-corrected chi connectivity index (χ0v) is 19.9. The molecule has 3 heterocycles. The van der Waals surface area contributed by atoms with Crippen LogP contribution >= 0.6 is 0 Å². The molecular weight excluding hydrogens is 352 g/mol. The molecule has 0 saturated carbocycles. The van der Waals surface area contributed by atoms with Crippen LogP contribution in [0.2, 0.25) is 0 Å². The second-order valence-corrected chi connectivity index (χ2v) is 12.0. The molecule has 0 amide bonds. The fourth-order valence-corrected chi connectivity index (χ4v) is 7.61. The molecular formula is C23H42N2O3. The Morgan fingerprint density at radius 1 is 0.714 bits per heavy atom. The summed E-state index contributed by atoms with van der Waals surface area (Å²) in [6.07, 6.45) is 4.59. The number of piperidine rings is 2. The number of ether oxygens (including phenoxy) is 1. The van der Waals surface area contributed by atoms with Gasteiger partial charge in [0.25, 0.3) is 0 Å². The van der Waals surface area contributed by atoms with E-state index in [-0.39, 0.29) is 33.4 Å². The average molecular weight is 395 g/mol. The van der Waals surface area contributed by atoms with Gasteiger partial charge in [-0.2, -0.15) is 10.1 Å². The molecule has 162 valence electrons. The van der Waals surface area contributed by atoms with E-state index < -0.39 is 0 Å². The third-order valence-electron chi connectivity index (χ3n) is 7.10. The maximum atomic E-state index is 7.19. The van der Waals surface area contributed by atoms with Crippen molar-refractivity contribution >= 4 is 0 Å². The van der Waals surface area contributed by atoms with Gasteiger partial charge in [-0.15, -0.1) is 0 Å². The van der Waals surface area contributed by atoms with E-state index in [2.05, 4.69) is 72.1 Å². The Hall–Kier alpha value is -0.460. The molecule has 3 aliphatic rings. The molecule has 2 spiro atoms. The summed E-state index contributed by atoms with van der Waals surface area (Å²) in [4.78, 5) is 11.6. The number of nitrogens with zero attached hydrogens (tertiary/aromatic N) is 2. The van der Waals surface area contributed by atoms with Crippen LogP contribution in [0, 0.1) is 0 Å². The van der Waals surface area contributed by atoms with Crippen LogP contribution in [0.3, 0.4) is 0 Å². The predicted molar refractivity (Wildman–Crippen MR) is 113 cm³/mol. The molecule has 0 radical (unpaired) electrons. The van der Waals surface area contributed by atoms with Crippen LogP contribution in [0.5, 0.6) is 0 Å². The SMILES string of the molecule is C=C1CC2(CC(C)(C)N(OC)C(C)(C)C2)OC12CC(C)(C)N(OC)C(C)(C)C2. The molecule has 0 bridgehead atoms. The van der Waals surface area contributed by atoms with Gasteiger partial charge in [-0.25, -0.2) is 0 Å². The predicted octanol–water partition coefficient (Wildman–Crippen LogP) is 4.87. The minimum absolute atomic E-state index is 0.111. The maximum absolute atomic E-state index is 7.19. The number of rotatable bonds is 2. The lowest BCUT2D eigenvalue weighted by molar-refractivity contribution is -0.319. The van der Waals surface area contributed by atoms with Crippen LogP contribution < -0.4 is 0 Å². The monoisotopic (exact) mass is 394 g/mol. The lowest BCUT2D eigenvalue weighted by Crippen LogP contribution is -2.67. The number of hydrogen-bond acceptors (Lipinski definition) is 5. The van der Waals surface area contributed by atoms with Crippen LogP contribution in [0.15, 0.2) is 12.2 Å². The van der Waals surface area contributed by atoms with Gasteiger partial charge < -0.3 is 14.4 Å².